The average molecular weight is 313 g/mol. The van der Waals surface area contributed by atoms with Crippen LogP contribution in [0.4, 0.5) is 0 Å². The largest absolute Gasteiger partial charge is 0.321 e. The first kappa shape index (κ1) is 13.7. The van der Waals surface area contributed by atoms with Crippen LogP contribution >= 0.6 is 23.4 Å². The molecule has 3 rings (SSSR count). The molecule has 2 aromatic carbocycles. The van der Waals surface area contributed by atoms with Crippen LogP contribution in [0.25, 0.3) is 22.0 Å². The number of nitriles is 1. The summed E-state index contributed by atoms with van der Waals surface area (Å²) in [7, 11) is 0. The van der Waals surface area contributed by atoms with Crippen LogP contribution in [0, 0.1) is 10.7 Å². The van der Waals surface area contributed by atoms with E-state index < -0.39 is 0 Å². The zero-order valence-electron chi connectivity index (χ0n) is 10.8. The first-order valence-electron chi connectivity index (χ1n) is 6.17. The zero-order valence-corrected chi connectivity index (χ0v) is 12.3. The van der Waals surface area contributed by atoms with E-state index in [0.717, 1.165) is 28.3 Å². The molecule has 0 saturated carbocycles. The summed E-state index contributed by atoms with van der Waals surface area (Å²) in [6.45, 7) is 0. The molecule has 5 heteroatoms. The van der Waals surface area contributed by atoms with E-state index in [1.807, 2.05) is 35.7 Å². The Hall–Kier alpha value is -2.22. The molecule has 1 heterocycles. The second-order valence-electron chi connectivity index (χ2n) is 4.41. The fourth-order valence-electron chi connectivity index (χ4n) is 2.28. The molecule has 102 valence electrons. The summed E-state index contributed by atoms with van der Waals surface area (Å²) in [6, 6.07) is 14.8. The lowest BCUT2D eigenvalue weighted by atomic mass is 10.0. The van der Waals surface area contributed by atoms with Crippen molar-refractivity contribution in [1.82, 2.24) is 4.98 Å². The van der Waals surface area contributed by atoms with Crippen molar-refractivity contribution < 1.29 is 0 Å². The lowest BCUT2D eigenvalue weighted by molar-refractivity contribution is 1.20. The monoisotopic (exact) mass is 312 g/mol. The van der Waals surface area contributed by atoms with Gasteiger partial charge in [0.1, 0.15) is 5.40 Å². The highest BCUT2D eigenvalue weighted by atomic mass is 35.5. The molecule has 1 N–H and O–H groups in total. The summed E-state index contributed by atoms with van der Waals surface area (Å²) in [5.74, 6) is 0. The van der Waals surface area contributed by atoms with Crippen molar-refractivity contribution in [2.45, 2.75) is 4.90 Å². The zero-order chi connectivity index (χ0) is 14.8. The van der Waals surface area contributed by atoms with Gasteiger partial charge in [-0.2, -0.15) is 5.26 Å². The smallest absolute Gasteiger partial charge is 0.263 e. The number of hydrogen-bond acceptors (Lipinski definition) is 3. The highest BCUT2D eigenvalue weighted by Crippen LogP contribution is 2.35. The van der Waals surface area contributed by atoms with Crippen molar-refractivity contribution in [1.29, 1.82) is 5.26 Å². The van der Waals surface area contributed by atoms with Crippen LogP contribution in [0.3, 0.4) is 0 Å². The molecular formula is C16H9ClN2OS. The van der Waals surface area contributed by atoms with Gasteiger partial charge in [-0.15, -0.1) is 0 Å². The van der Waals surface area contributed by atoms with E-state index in [-0.39, 0.29) is 5.56 Å². The molecule has 1 aromatic heterocycles. The molecule has 0 atom stereocenters. The number of aromatic amines is 1. The molecule has 0 fully saturated rings. The number of fused-ring (bicyclic) bond motifs is 1. The van der Waals surface area contributed by atoms with Crippen molar-refractivity contribution >= 4 is 34.3 Å². The van der Waals surface area contributed by atoms with Crippen LogP contribution in [-0.4, -0.2) is 4.98 Å². The molecule has 21 heavy (non-hydrogen) atoms. The van der Waals surface area contributed by atoms with E-state index in [4.69, 9.17) is 16.9 Å². The number of nitrogens with zero attached hydrogens (tertiary/aromatic N) is 1. The summed E-state index contributed by atoms with van der Waals surface area (Å²) in [5.41, 5.74) is 2.05. The first-order chi connectivity index (χ1) is 10.2. The van der Waals surface area contributed by atoms with Gasteiger partial charge < -0.3 is 4.98 Å². The highest BCUT2D eigenvalue weighted by Gasteiger charge is 2.15. The number of pyridine rings is 1. The number of thiocyanates is 1. The Kier molecular flexibility index (Phi) is 3.70. The number of aromatic nitrogens is 1. The quantitative estimate of drug-likeness (QED) is 0.563. The van der Waals surface area contributed by atoms with Gasteiger partial charge in [0.15, 0.2) is 0 Å². The van der Waals surface area contributed by atoms with E-state index in [0.29, 0.717) is 15.4 Å². The number of hydrogen-bond donors (Lipinski definition) is 1. The molecule has 0 aliphatic heterocycles. The van der Waals surface area contributed by atoms with Gasteiger partial charge in [0.05, 0.1) is 4.90 Å². The number of nitrogens with one attached hydrogen (secondary N) is 1. The van der Waals surface area contributed by atoms with E-state index in [1.165, 1.54) is 0 Å². The fraction of sp³-hybridized carbons (Fsp3) is 0. The van der Waals surface area contributed by atoms with Crippen LogP contribution < -0.4 is 5.56 Å². The van der Waals surface area contributed by atoms with Crippen LogP contribution in [0.1, 0.15) is 0 Å². The van der Waals surface area contributed by atoms with E-state index in [2.05, 4.69) is 4.98 Å². The van der Waals surface area contributed by atoms with E-state index in [1.54, 1.807) is 18.2 Å². The van der Waals surface area contributed by atoms with E-state index in [9.17, 15) is 4.79 Å². The van der Waals surface area contributed by atoms with Crippen LogP contribution in [0.15, 0.2) is 58.2 Å². The minimum Gasteiger partial charge on any atom is -0.321 e. The Balaban J connectivity index is 2.47. The second kappa shape index (κ2) is 5.65. The number of H-pyrrole nitrogens is 1. The summed E-state index contributed by atoms with van der Waals surface area (Å²) in [6.07, 6.45) is 0. The Morgan fingerprint density at radius 1 is 1.14 bits per heavy atom. The normalized spacial score (nSPS) is 10.5. The predicted molar refractivity (Wildman–Crippen MR) is 86.5 cm³/mol. The molecule has 0 bridgehead atoms. The van der Waals surface area contributed by atoms with Crippen LogP contribution in [0.5, 0.6) is 0 Å². The minimum absolute atomic E-state index is 0.268. The Labute approximate surface area is 130 Å². The summed E-state index contributed by atoms with van der Waals surface area (Å²) in [4.78, 5) is 15.4. The van der Waals surface area contributed by atoms with Crippen molar-refractivity contribution in [2.75, 3.05) is 0 Å². The molecule has 0 aliphatic rings. The van der Waals surface area contributed by atoms with Gasteiger partial charge in [0.25, 0.3) is 5.56 Å². The SMILES string of the molecule is N#CSc1c(-c2ccccc2)c2cc(Cl)ccc2[nH]c1=O. The predicted octanol–water partition coefficient (Wildman–Crippen LogP) is 4.42. The number of benzene rings is 2. The maximum Gasteiger partial charge on any atom is 0.263 e. The van der Waals surface area contributed by atoms with Crippen molar-refractivity contribution in [3.63, 3.8) is 0 Å². The second-order valence-corrected chi connectivity index (χ2v) is 5.64. The van der Waals surface area contributed by atoms with Crippen molar-refractivity contribution in [2.24, 2.45) is 0 Å². The molecule has 0 spiro atoms. The lowest BCUT2D eigenvalue weighted by Gasteiger charge is -2.10. The van der Waals surface area contributed by atoms with Gasteiger partial charge in [-0.3, -0.25) is 4.79 Å². The molecule has 3 nitrogen and oxygen atoms in total. The van der Waals surface area contributed by atoms with Gasteiger partial charge in [0, 0.05) is 21.5 Å². The third kappa shape index (κ3) is 2.54. The third-order valence-corrected chi connectivity index (χ3v) is 4.06. The Bertz CT molecular complexity index is 913. The van der Waals surface area contributed by atoms with Gasteiger partial charge in [-0.25, -0.2) is 0 Å². The molecule has 0 saturated heterocycles. The third-order valence-electron chi connectivity index (χ3n) is 3.14. The highest BCUT2D eigenvalue weighted by molar-refractivity contribution is 8.03. The van der Waals surface area contributed by atoms with Crippen LogP contribution in [-0.2, 0) is 0 Å². The van der Waals surface area contributed by atoms with Gasteiger partial charge >= 0.3 is 0 Å². The average Bonchev–Trinajstić information content (AvgIpc) is 2.50. The topological polar surface area (TPSA) is 56.6 Å². The molecule has 0 aliphatic carbocycles. The lowest BCUT2D eigenvalue weighted by Crippen LogP contribution is -2.10. The van der Waals surface area contributed by atoms with E-state index >= 15 is 0 Å². The first-order valence-corrected chi connectivity index (χ1v) is 7.37. The van der Waals surface area contributed by atoms with Gasteiger partial charge in [0.2, 0.25) is 0 Å². The molecular weight excluding hydrogens is 304 g/mol. The van der Waals surface area contributed by atoms with Gasteiger partial charge in [-0.05, 0) is 35.5 Å². The molecule has 0 unspecified atom stereocenters. The number of rotatable bonds is 2. The number of halogens is 1. The maximum atomic E-state index is 12.2. The minimum atomic E-state index is -0.268. The summed E-state index contributed by atoms with van der Waals surface area (Å²) >= 11 is 6.95. The fourth-order valence-corrected chi connectivity index (χ4v) is 3.02. The molecule has 0 amide bonds. The Morgan fingerprint density at radius 2 is 1.90 bits per heavy atom. The summed E-state index contributed by atoms with van der Waals surface area (Å²) < 4.78 is 0. The van der Waals surface area contributed by atoms with Crippen molar-refractivity contribution in [3.8, 4) is 16.5 Å². The van der Waals surface area contributed by atoms with Gasteiger partial charge in [-0.1, -0.05) is 41.9 Å². The van der Waals surface area contributed by atoms with Crippen molar-refractivity contribution in [3.05, 3.63) is 63.9 Å². The molecule has 3 aromatic rings. The van der Waals surface area contributed by atoms with Crippen LogP contribution in [0.2, 0.25) is 5.02 Å². The molecule has 0 radical (unpaired) electrons. The Morgan fingerprint density at radius 3 is 2.62 bits per heavy atom. The standard InChI is InChI=1S/C16H9ClN2OS/c17-11-6-7-13-12(8-11)14(10-4-2-1-3-5-10)15(21-9-18)16(20)19-13/h1-8H,(H,19,20). The maximum absolute atomic E-state index is 12.2. The summed E-state index contributed by atoms with van der Waals surface area (Å²) in [5, 5.41) is 12.4. The number of thioether (sulfide) groups is 1.